The van der Waals surface area contributed by atoms with Crippen molar-refractivity contribution in [1.82, 2.24) is 0 Å². The molecular formula is C25H40O7. The smallest absolute Gasteiger partial charge is 0.306 e. The van der Waals surface area contributed by atoms with Crippen LogP contribution >= 0.6 is 0 Å². The van der Waals surface area contributed by atoms with Gasteiger partial charge in [0.05, 0.1) is 18.1 Å². The maximum atomic E-state index is 12.8. The summed E-state index contributed by atoms with van der Waals surface area (Å²) in [5.41, 5.74) is -2.30. The second-order valence-corrected chi connectivity index (χ2v) is 10.2. The first kappa shape index (κ1) is 26.7. The molecule has 2 rings (SSSR count). The van der Waals surface area contributed by atoms with Crippen LogP contribution in [0.15, 0.2) is 11.6 Å². The average Bonchev–Trinajstić information content (AvgIpc) is 2.93. The second-order valence-electron chi connectivity index (χ2n) is 10.2. The molecular weight excluding hydrogens is 412 g/mol. The van der Waals surface area contributed by atoms with Crippen LogP contribution in [0.5, 0.6) is 0 Å². The molecule has 2 aliphatic carbocycles. The molecule has 0 amide bonds. The van der Waals surface area contributed by atoms with Crippen LogP contribution in [0.25, 0.3) is 0 Å². The highest BCUT2D eigenvalue weighted by molar-refractivity contribution is 5.75. The Bertz CT molecular complexity index is 704. The van der Waals surface area contributed by atoms with E-state index in [0.29, 0.717) is 50.5 Å². The van der Waals surface area contributed by atoms with Crippen molar-refractivity contribution < 1.29 is 34.4 Å². The SMILES string of the molecule is CCCC(=O)OC1CC(C=O)=CCC2CCCC(O)C(C)(CO)C(C)(CO)CCC21C=O. The first-order chi connectivity index (χ1) is 15.2. The fourth-order valence-corrected chi connectivity index (χ4v) is 5.53. The minimum absolute atomic E-state index is 0.162. The molecule has 6 unspecified atom stereocenters. The summed E-state index contributed by atoms with van der Waals surface area (Å²) in [6.45, 7) is 4.91. The Morgan fingerprint density at radius 3 is 2.47 bits per heavy atom. The summed E-state index contributed by atoms with van der Waals surface area (Å²) in [5, 5.41) is 31.5. The van der Waals surface area contributed by atoms with Crippen molar-refractivity contribution in [3.63, 3.8) is 0 Å². The molecule has 32 heavy (non-hydrogen) atoms. The maximum absolute atomic E-state index is 12.8. The van der Waals surface area contributed by atoms with Crippen LogP contribution in [-0.2, 0) is 19.1 Å². The van der Waals surface area contributed by atoms with E-state index in [0.717, 1.165) is 12.6 Å². The Morgan fingerprint density at radius 2 is 1.91 bits per heavy atom. The number of carbonyl (C=O) groups excluding carboxylic acids is 3. The summed E-state index contributed by atoms with van der Waals surface area (Å²) in [6.07, 6.45) is 5.81. The lowest BCUT2D eigenvalue weighted by atomic mass is 9.56. The molecule has 0 heterocycles. The first-order valence-electron chi connectivity index (χ1n) is 11.9. The molecule has 1 fully saturated rings. The van der Waals surface area contributed by atoms with E-state index in [-0.39, 0.29) is 37.9 Å². The predicted octanol–water partition coefficient (Wildman–Crippen LogP) is 2.74. The van der Waals surface area contributed by atoms with Crippen molar-refractivity contribution in [2.24, 2.45) is 22.2 Å². The van der Waals surface area contributed by atoms with Crippen molar-refractivity contribution in [2.75, 3.05) is 13.2 Å². The zero-order valence-electron chi connectivity index (χ0n) is 19.7. The van der Waals surface area contributed by atoms with E-state index in [1.807, 2.05) is 19.9 Å². The molecule has 7 heteroatoms. The van der Waals surface area contributed by atoms with Gasteiger partial charge in [-0.05, 0) is 50.0 Å². The standard InChI is InChI=1S/C25H40O7/c1-4-6-22(31)32-21-13-18(14-26)9-10-19-7-5-8-20(30)24(3,16-28)23(2,15-27)11-12-25(19,21)17-29/h9,14,17,19-21,27-28,30H,4-8,10-13,15-16H2,1-3H3. The topological polar surface area (TPSA) is 121 Å². The molecule has 0 aromatic heterocycles. The quantitative estimate of drug-likeness (QED) is 0.401. The summed E-state index contributed by atoms with van der Waals surface area (Å²) in [7, 11) is 0. The fraction of sp³-hybridized carbons (Fsp3) is 0.800. The zero-order chi connectivity index (χ0) is 24.0. The van der Waals surface area contributed by atoms with Crippen molar-refractivity contribution in [2.45, 2.75) is 90.8 Å². The number of carbonyl (C=O) groups is 3. The number of hydrogen-bond donors (Lipinski definition) is 3. The minimum Gasteiger partial charge on any atom is -0.461 e. The fourth-order valence-electron chi connectivity index (χ4n) is 5.53. The van der Waals surface area contributed by atoms with Crippen molar-refractivity contribution in [1.29, 1.82) is 0 Å². The van der Waals surface area contributed by atoms with Gasteiger partial charge in [0, 0.05) is 30.3 Å². The highest BCUT2D eigenvalue weighted by Crippen LogP contribution is 2.53. The van der Waals surface area contributed by atoms with Crippen molar-refractivity contribution in [3.05, 3.63) is 11.6 Å². The second kappa shape index (κ2) is 11.0. The van der Waals surface area contributed by atoms with Gasteiger partial charge in [0.15, 0.2) is 0 Å². The van der Waals surface area contributed by atoms with Crippen LogP contribution in [0.4, 0.5) is 0 Å². The number of rotatable bonds is 7. The molecule has 0 aliphatic heterocycles. The van der Waals surface area contributed by atoms with Gasteiger partial charge >= 0.3 is 5.97 Å². The summed E-state index contributed by atoms with van der Waals surface area (Å²) < 4.78 is 5.85. The van der Waals surface area contributed by atoms with E-state index in [4.69, 9.17) is 4.74 Å². The molecule has 3 N–H and O–H groups in total. The van der Waals surface area contributed by atoms with E-state index >= 15 is 0 Å². The Hall–Kier alpha value is -1.57. The Kier molecular flexibility index (Phi) is 9.20. The van der Waals surface area contributed by atoms with Gasteiger partial charge < -0.3 is 24.9 Å². The number of aldehydes is 2. The van der Waals surface area contributed by atoms with Gasteiger partial charge in [0.2, 0.25) is 0 Å². The lowest BCUT2D eigenvalue weighted by Gasteiger charge is -2.51. The van der Waals surface area contributed by atoms with Crippen LogP contribution in [0, 0.1) is 22.2 Å². The molecule has 1 saturated carbocycles. The molecule has 7 nitrogen and oxygen atoms in total. The monoisotopic (exact) mass is 452 g/mol. The van der Waals surface area contributed by atoms with Gasteiger partial charge in [-0.3, -0.25) is 9.59 Å². The zero-order valence-corrected chi connectivity index (χ0v) is 19.7. The molecule has 0 saturated heterocycles. The van der Waals surface area contributed by atoms with Gasteiger partial charge in [0.1, 0.15) is 18.7 Å². The third-order valence-electron chi connectivity index (χ3n) is 8.48. The van der Waals surface area contributed by atoms with Crippen LogP contribution in [0.1, 0.15) is 78.6 Å². The number of allylic oxidation sites excluding steroid dienone is 1. The number of fused-ring (bicyclic) bond motifs is 1. The largest absolute Gasteiger partial charge is 0.461 e. The van der Waals surface area contributed by atoms with E-state index in [9.17, 15) is 29.7 Å². The normalized spacial score (nSPS) is 38.6. The predicted molar refractivity (Wildman–Crippen MR) is 120 cm³/mol. The van der Waals surface area contributed by atoms with Gasteiger partial charge in [-0.15, -0.1) is 0 Å². The molecule has 0 bridgehead atoms. The number of aliphatic hydroxyl groups is 3. The Balaban J connectivity index is 2.54. The molecule has 2 aliphatic rings. The lowest BCUT2D eigenvalue weighted by Crippen LogP contribution is -2.53. The van der Waals surface area contributed by atoms with Gasteiger partial charge in [-0.1, -0.05) is 33.3 Å². The molecule has 0 aromatic rings. The summed E-state index contributed by atoms with van der Waals surface area (Å²) in [5.74, 6) is -0.548. The first-order valence-corrected chi connectivity index (χ1v) is 11.9. The highest BCUT2D eigenvalue weighted by atomic mass is 16.5. The molecule has 0 aromatic carbocycles. The minimum atomic E-state index is -1.01. The van der Waals surface area contributed by atoms with E-state index in [2.05, 4.69) is 0 Å². The van der Waals surface area contributed by atoms with E-state index in [1.54, 1.807) is 6.92 Å². The highest BCUT2D eigenvalue weighted by Gasteiger charge is 2.54. The molecule has 0 radical (unpaired) electrons. The molecule has 182 valence electrons. The van der Waals surface area contributed by atoms with Gasteiger partial charge in [0.25, 0.3) is 0 Å². The molecule has 6 atom stereocenters. The Morgan fingerprint density at radius 1 is 1.19 bits per heavy atom. The number of ether oxygens (including phenoxy) is 1. The third kappa shape index (κ3) is 5.00. The maximum Gasteiger partial charge on any atom is 0.306 e. The van der Waals surface area contributed by atoms with Crippen LogP contribution in [0.2, 0.25) is 0 Å². The third-order valence-corrected chi connectivity index (χ3v) is 8.48. The van der Waals surface area contributed by atoms with Gasteiger partial charge in [-0.2, -0.15) is 0 Å². The Labute approximate surface area is 191 Å². The van der Waals surface area contributed by atoms with E-state index < -0.39 is 28.5 Å². The number of hydrogen-bond acceptors (Lipinski definition) is 7. The summed E-state index contributed by atoms with van der Waals surface area (Å²) in [6, 6.07) is 0. The number of aliphatic hydroxyl groups excluding tert-OH is 3. The van der Waals surface area contributed by atoms with Crippen molar-refractivity contribution in [3.8, 4) is 0 Å². The summed E-state index contributed by atoms with van der Waals surface area (Å²) in [4.78, 5) is 36.9. The van der Waals surface area contributed by atoms with Crippen molar-refractivity contribution >= 4 is 18.5 Å². The lowest BCUT2D eigenvalue weighted by molar-refractivity contribution is -0.166. The molecule has 0 spiro atoms. The van der Waals surface area contributed by atoms with Gasteiger partial charge in [-0.25, -0.2) is 0 Å². The summed E-state index contributed by atoms with van der Waals surface area (Å²) >= 11 is 0. The van der Waals surface area contributed by atoms with Crippen LogP contribution in [0.3, 0.4) is 0 Å². The average molecular weight is 453 g/mol. The van der Waals surface area contributed by atoms with E-state index in [1.165, 1.54) is 0 Å². The van der Waals surface area contributed by atoms with Crippen LogP contribution in [-0.4, -0.2) is 59.3 Å². The van der Waals surface area contributed by atoms with Crippen LogP contribution < -0.4 is 0 Å². The number of esters is 1.